The maximum Gasteiger partial charge on any atom is 0.325 e. The third-order valence-corrected chi connectivity index (χ3v) is 4.30. The van der Waals surface area contributed by atoms with Crippen LogP contribution in [-0.2, 0) is 17.9 Å². The fraction of sp³-hybridized carbons (Fsp3) is 0.261. The SMILES string of the molecule is CCOc1ccc(COc2ccc(NC(=O)c3ccn(CC(=O)O)n3)cc2)cc1OCC. The predicted octanol–water partition coefficient (Wildman–Crippen LogP) is 3.60. The second-order valence-electron chi connectivity index (χ2n) is 6.71. The summed E-state index contributed by atoms with van der Waals surface area (Å²) in [6.07, 6.45) is 1.44. The van der Waals surface area contributed by atoms with Crippen LogP contribution in [0, 0.1) is 0 Å². The van der Waals surface area contributed by atoms with Crippen molar-refractivity contribution in [2.24, 2.45) is 0 Å². The van der Waals surface area contributed by atoms with E-state index in [-0.39, 0.29) is 12.2 Å². The predicted molar refractivity (Wildman–Crippen MR) is 117 cm³/mol. The van der Waals surface area contributed by atoms with Gasteiger partial charge in [-0.15, -0.1) is 0 Å². The number of ether oxygens (including phenoxy) is 3. The first-order valence-electron chi connectivity index (χ1n) is 10.2. The van der Waals surface area contributed by atoms with Gasteiger partial charge < -0.3 is 24.6 Å². The first kappa shape index (κ1) is 22.7. The third-order valence-electron chi connectivity index (χ3n) is 4.30. The van der Waals surface area contributed by atoms with Gasteiger partial charge in [-0.25, -0.2) is 0 Å². The Morgan fingerprint density at radius 2 is 1.69 bits per heavy atom. The standard InChI is InChI=1S/C23H25N3O6/c1-3-30-20-10-5-16(13-21(20)31-4-2)15-32-18-8-6-17(7-9-18)24-23(29)19-11-12-26(25-19)14-22(27)28/h5-13H,3-4,14-15H2,1-2H3,(H,24,29)(H,27,28). The lowest BCUT2D eigenvalue weighted by Crippen LogP contribution is -2.15. The molecule has 168 valence electrons. The number of nitrogens with zero attached hydrogens (tertiary/aromatic N) is 2. The monoisotopic (exact) mass is 439 g/mol. The molecule has 1 heterocycles. The van der Waals surface area contributed by atoms with Crippen LogP contribution in [0.1, 0.15) is 29.9 Å². The van der Waals surface area contributed by atoms with Crippen LogP contribution in [-0.4, -0.2) is 40.0 Å². The minimum Gasteiger partial charge on any atom is -0.490 e. The molecule has 0 saturated heterocycles. The van der Waals surface area contributed by atoms with Crippen LogP contribution in [0.2, 0.25) is 0 Å². The summed E-state index contributed by atoms with van der Waals surface area (Å²) in [7, 11) is 0. The van der Waals surface area contributed by atoms with Crippen molar-refractivity contribution in [3.05, 3.63) is 66.0 Å². The average Bonchev–Trinajstić information content (AvgIpc) is 3.23. The van der Waals surface area contributed by atoms with E-state index in [1.165, 1.54) is 16.9 Å². The molecule has 0 aliphatic heterocycles. The molecule has 0 fully saturated rings. The molecule has 1 aromatic heterocycles. The van der Waals surface area contributed by atoms with Gasteiger partial charge in [0.05, 0.1) is 13.2 Å². The van der Waals surface area contributed by atoms with Gasteiger partial charge in [0.2, 0.25) is 0 Å². The number of hydrogen-bond donors (Lipinski definition) is 2. The van der Waals surface area contributed by atoms with Crippen molar-refractivity contribution in [2.45, 2.75) is 27.0 Å². The smallest absolute Gasteiger partial charge is 0.325 e. The number of hydrogen-bond acceptors (Lipinski definition) is 6. The Labute approximate surface area is 185 Å². The molecule has 3 rings (SSSR count). The summed E-state index contributed by atoms with van der Waals surface area (Å²) in [6, 6.07) is 14.1. The molecule has 1 amide bonds. The van der Waals surface area contributed by atoms with Crippen LogP contribution in [0.25, 0.3) is 0 Å². The molecule has 0 saturated carbocycles. The minimum atomic E-state index is -1.03. The average molecular weight is 439 g/mol. The van der Waals surface area contributed by atoms with Gasteiger partial charge in [-0.3, -0.25) is 14.3 Å². The molecule has 3 aromatic rings. The van der Waals surface area contributed by atoms with E-state index in [1.54, 1.807) is 24.3 Å². The van der Waals surface area contributed by atoms with Crippen molar-refractivity contribution in [2.75, 3.05) is 18.5 Å². The number of carbonyl (C=O) groups excluding carboxylic acids is 1. The molecule has 0 bridgehead atoms. The Bertz CT molecular complexity index is 1060. The normalized spacial score (nSPS) is 10.4. The second-order valence-corrected chi connectivity index (χ2v) is 6.71. The molecule has 0 radical (unpaired) electrons. The van der Waals surface area contributed by atoms with Gasteiger partial charge in [-0.2, -0.15) is 5.10 Å². The van der Waals surface area contributed by atoms with E-state index in [0.29, 0.717) is 42.8 Å². The summed E-state index contributed by atoms with van der Waals surface area (Å²) in [5, 5.41) is 15.4. The minimum absolute atomic E-state index is 0.132. The first-order valence-corrected chi connectivity index (χ1v) is 10.2. The summed E-state index contributed by atoms with van der Waals surface area (Å²) in [6.45, 7) is 4.98. The van der Waals surface area contributed by atoms with Gasteiger partial charge in [-0.1, -0.05) is 6.07 Å². The van der Waals surface area contributed by atoms with Crippen molar-refractivity contribution in [3.8, 4) is 17.2 Å². The van der Waals surface area contributed by atoms with Gasteiger partial charge >= 0.3 is 5.97 Å². The number of aliphatic carboxylic acids is 1. The molecule has 0 unspecified atom stereocenters. The fourth-order valence-corrected chi connectivity index (χ4v) is 2.89. The molecule has 0 aliphatic carbocycles. The summed E-state index contributed by atoms with van der Waals surface area (Å²) in [5.74, 6) is 0.557. The number of anilines is 1. The molecule has 2 N–H and O–H groups in total. The molecular weight excluding hydrogens is 414 g/mol. The highest BCUT2D eigenvalue weighted by atomic mass is 16.5. The summed E-state index contributed by atoms with van der Waals surface area (Å²) >= 11 is 0. The van der Waals surface area contributed by atoms with E-state index in [9.17, 15) is 9.59 Å². The molecule has 32 heavy (non-hydrogen) atoms. The van der Waals surface area contributed by atoms with Crippen molar-refractivity contribution >= 4 is 17.6 Å². The number of nitrogens with one attached hydrogen (secondary N) is 1. The zero-order valence-electron chi connectivity index (χ0n) is 17.9. The Morgan fingerprint density at radius 1 is 0.969 bits per heavy atom. The molecule has 9 heteroatoms. The number of aromatic nitrogens is 2. The summed E-state index contributed by atoms with van der Waals surface area (Å²) in [5.41, 5.74) is 1.63. The highest BCUT2D eigenvalue weighted by Crippen LogP contribution is 2.29. The van der Waals surface area contributed by atoms with Crippen molar-refractivity contribution in [3.63, 3.8) is 0 Å². The van der Waals surface area contributed by atoms with Crippen molar-refractivity contribution < 1.29 is 28.9 Å². The number of carbonyl (C=O) groups is 2. The van der Waals surface area contributed by atoms with Crippen LogP contribution < -0.4 is 19.5 Å². The Morgan fingerprint density at radius 3 is 2.38 bits per heavy atom. The van der Waals surface area contributed by atoms with E-state index < -0.39 is 11.9 Å². The molecule has 0 spiro atoms. The van der Waals surface area contributed by atoms with E-state index in [1.807, 2.05) is 32.0 Å². The molecular formula is C23H25N3O6. The third kappa shape index (κ3) is 6.24. The maximum absolute atomic E-state index is 12.3. The zero-order valence-corrected chi connectivity index (χ0v) is 17.9. The Kier molecular flexibility index (Phi) is 7.69. The number of amides is 1. The lowest BCUT2D eigenvalue weighted by molar-refractivity contribution is -0.137. The van der Waals surface area contributed by atoms with Gasteiger partial charge in [-0.05, 0) is 61.9 Å². The number of carboxylic acid groups (broad SMARTS) is 1. The van der Waals surface area contributed by atoms with Gasteiger partial charge in [0.1, 0.15) is 18.9 Å². The molecule has 9 nitrogen and oxygen atoms in total. The van der Waals surface area contributed by atoms with E-state index in [4.69, 9.17) is 19.3 Å². The lowest BCUT2D eigenvalue weighted by atomic mass is 10.2. The van der Waals surface area contributed by atoms with Crippen LogP contribution in [0.15, 0.2) is 54.7 Å². The van der Waals surface area contributed by atoms with Crippen LogP contribution in [0.5, 0.6) is 17.2 Å². The van der Waals surface area contributed by atoms with E-state index >= 15 is 0 Å². The molecule has 2 aromatic carbocycles. The van der Waals surface area contributed by atoms with Crippen molar-refractivity contribution in [1.82, 2.24) is 9.78 Å². The van der Waals surface area contributed by atoms with E-state index in [2.05, 4.69) is 10.4 Å². The summed E-state index contributed by atoms with van der Waals surface area (Å²) in [4.78, 5) is 23.0. The molecule has 0 aliphatic rings. The largest absolute Gasteiger partial charge is 0.490 e. The maximum atomic E-state index is 12.3. The molecule has 0 atom stereocenters. The van der Waals surface area contributed by atoms with E-state index in [0.717, 1.165) is 5.56 Å². The number of carboxylic acids is 1. The number of benzene rings is 2. The van der Waals surface area contributed by atoms with Gasteiger partial charge in [0.15, 0.2) is 17.2 Å². The topological polar surface area (TPSA) is 112 Å². The number of rotatable bonds is 11. The Hall–Kier alpha value is -4.01. The lowest BCUT2D eigenvalue weighted by Gasteiger charge is -2.13. The summed E-state index contributed by atoms with van der Waals surface area (Å²) < 4.78 is 18.2. The van der Waals surface area contributed by atoms with Crippen LogP contribution >= 0.6 is 0 Å². The second kappa shape index (κ2) is 10.9. The van der Waals surface area contributed by atoms with Crippen molar-refractivity contribution in [1.29, 1.82) is 0 Å². The quantitative estimate of drug-likeness (QED) is 0.469. The Balaban J connectivity index is 1.56. The zero-order chi connectivity index (χ0) is 22.9. The van der Waals surface area contributed by atoms with Crippen LogP contribution in [0.3, 0.4) is 0 Å². The van der Waals surface area contributed by atoms with Gasteiger partial charge in [0.25, 0.3) is 5.91 Å². The highest BCUT2D eigenvalue weighted by molar-refractivity contribution is 6.02. The fourth-order valence-electron chi connectivity index (χ4n) is 2.89. The highest BCUT2D eigenvalue weighted by Gasteiger charge is 2.11. The van der Waals surface area contributed by atoms with Gasteiger partial charge in [0, 0.05) is 11.9 Å². The van der Waals surface area contributed by atoms with Crippen LogP contribution in [0.4, 0.5) is 5.69 Å². The first-order chi connectivity index (χ1) is 15.5.